The number of benzene rings is 2. The van der Waals surface area contributed by atoms with Crippen molar-refractivity contribution in [3.8, 4) is 0 Å². The van der Waals surface area contributed by atoms with Gasteiger partial charge >= 0.3 is 0 Å². The molecule has 2 aliphatic heterocycles. The van der Waals surface area contributed by atoms with Crippen molar-refractivity contribution in [3.05, 3.63) is 71.3 Å². The van der Waals surface area contributed by atoms with Gasteiger partial charge in [0.05, 0.1) is 16.7 Å². The normalized spacial score (nSPS) is 20.8. The van der Waals surface area contributed by atoms with Crippen molar-refractivity contribution in [1.82, 2.24) is 0 Å². The van der Waals surface area contributed by atoms with Gasteiger partial charge in [0.2, 0.25) is 0 Å². The summed E-state index contributed by atoms with van der Waals surface area (Å²) in [6.45, 7) is 5.51. The first-order chi connectivity index (χ1) is 12.5. The molecule has 0 bridgehead atoms. The van der Waals surface area contributed by atoms with E-state index in [2.05, 4.69) is 32.0 Å². The second-order valence-electron chi connectivity index (χ2n) is 8.00. The van der Waals surface area contributed by atoms with Gasteiger partial charge in [0.1, 0.15) is 0 Å². The summed E-state index contributed by atoms with van der Waals surface area (Å²) in [5.41, 5.74) is 3.34. The number of aliphatic imine (C=N–C) groups is 1. The molecule has 0 unspecified atom stereocenters. The van der Waals surface area contributed by atoms with Crippen LogP contribution >= 0.6 is 0 Å². The molecular weight excluding hydrogens is 322 g/mol. The molecule has 3 heteroatoms. The van der Waals surface area contributed by atoms with Crippen LogP contribution in [0.5, 0.6) is 0 Å². The van der Waals surface area contributed by atoms with Crippen LogP contribution in [0.15, 0.2) is 59.6 Å². The van der Waals surface area contributed by atoms with Crippen LogP contribution in [0, 0.1) is 5.41 Å². The smallest absolute Gasteiger partial charge is 0.175 e. The maximum absolute atomic E-state index is 13.7. The molecule has 2 aromatic carbocycles. The number of ketones is 1. The van der Waals surface area contributed by atoms with E-state index in [1.165, 1.54) is 5.56 Å². The molecule has 2 aromatic rings. The summed E-state index contributed by atoms with van der Waals surface area (Å²) in [7, 11) is 0. The predicted molar refractivity (Wildman–Crippen MR) is 104 cm³/mol. The molecule has 0 atom stereocenters. The zero-order chi connectivity index (χ0) is 18.2. The SMILES string of the molecule is CC1(C)Cc2ccccc2C(C2(C(=O)c3ccccc3)CCOCC2)=N1. The van der Waals surface area contributed by atoms with Crippen LogP contribution in [0.1, 0.15) is 48.2 Å². The molecule has 0 spiro atoms. The van der Waals surface area contributed by atoms with Gasteiger partial charge < -0.3 is 4.74 Å². The molecule has 26 heavy (non-hydrogen) atoms. The summed E-state index contributed by atoms with van der Waals surface area (Å²) in [4.78, 5) is 18.8. The summed E-state index contributed by atoms with van der Waals surface area (Å²) in [5.74, 6) is 0.174. The Labute approximate surface area is 155 Å². The molecule has 0 amide bonds. The molecular formula is C23H25NO2. The minimum Gasteiger partial charge on any atom is -0.381 e. The highest BCUT2D eigenvalue weighted by atomic mass is 16.5. The molecule has 2 heterocycles. The maximum Gasteiger partial charge on any atom is 0.175 e. The van der Waals surface area contributed by atoms with Gasteiger partial charge in [0.15, 0.2) is 5.78 Å². The van der Waals surface area contributed by atoms with E-state index < -0.39 is 5.41 Å². The lowest BCUT2D eigenvalue weighted by molar-refractivity contribution is 0.0389. The molecule has 2 aliphatic rings. The Bertz CT molecular complexity index is 846. The van der Waals surface area contributed by atoms with Crippen molar-refractivity contribution >= 4 is 11.5 Å². The van der Waals surface area contributed by atoms with Crippen molar-refractivity contribution < 1.29 is 9.53 Å². The number of rotatable bonds is 3. The molecule has 1 fully saturated rings. The minimum atomic E-state index is -0.604. The fourth-order valence-corrected chi connectivity index (χ4v) is 4.30. The molecule has 4 rings (SSSR count). The lowest BCUT2D eigenvalue weighted by Gasteiger charge is -2.41. The molecule has 0 aliphatic carbocycles. The van der Waals surface area contributed by atoms with E-state index >= 15 is 0 Å². The zero-order valence-corrected chi connectivity index (χ0v) is 15.5. The van der Waals surface area contributed by atoms with Crippen LogP contribution in [0.25, 0.3) is 0 Å². The van der Waals surface area contributed by atoms with E-state index in [0.717, 1.165) is 23.3 Å². The topological polar surface area (TPSA) is 38.7 Å². The number of carbonyl (C=O) groups is 1. The van der Waals surface area contributed by atoms with Gasteiger partial charge in [-0.25, -0.2) is 0 Å². The van der Waals surface area contributed by atoms with Gasteiger partial charge in [-0.2, -0.15) is 0 Å². The van der Waals surface area contributed by atoms with Gasteiger partial charge in [0.25, 0.3) is 0 Å². The first-order valence-corrected chi connectivity index (χ1v) is 9.38. The molecule has 0 saturated carbocycles. The Balaban J connectivity index is 1.89. The number of hydrogen-bond donors (Lipinski definition) is 0. The van der Waals surface area contributed by atoms with Gasteiger partial charge in [-0.15, -0.1) is 0 Å². The van der Waals surface area contributed by atoms with Crippen molar-refractivity contribution in [1.29, 1.82) is 0 Å². The number of nitrogens with zero attached hydrogens (tertiary/aromatic N) is 1. The lowest BCUT2D eigenvalue weighted by atomic mass is 9.66. The molecule has 3 nitrogen and oxygen atoms in total. The van der Waals surface area contributed by atoms with Crippen molar-refractivity contribution in [2.45, 2.75) is 38.6 Å². The van der Waals surface area contributed by atoms with Crippen LogP contribution in [0.2, 0.25) is 0 Å². The van der Waals surface area contributed by atoms with Crippen LogP contribution in [0.4, 0.5) is 0 Å². The van der Waals surface area contributed by atoms with Crippen molar-refractivity contribution in [3.63, 3.8) is 0 Å². The van der Waals surface area contributed by atoms with E-state index in [1.54, 1.807) is 0 Å². The Hall–Kier alpha value is -2.26. The molecule has 0 N–H and O–H groups in total. The standard InChI is InChI=1S/C23H25NO2/c1-22(2)16-18-10-6-7-11-19(18)20(24-22)23(12-14-26-15-13-23)21(25)17-8-4-3-5-9-17/h3-11H,12-16H2,1-2H3. The van der Waals surface area contributed by atoms with E-state index in [9.17, 15) is 4.79 Å². The summed E-state index contributed by atoms with van der Waals surface area (Å²) >= 11 is 0. The minimum absolute atomic E-state index is 0.174. The second-order valence-corrected chi connectivity index (χ2v) is 8.00. The van der Waals surface area contributed by atoms with Gasteiger partial charge in [-0.3, -0.25) is 9.79 Å². The third kappa shape index (κ3) is 2.90. The largest absolute Gasteiger partial charge is 0.381 e. The Morgan fingerprint density at radius 1 is 0.962 bits per heavy atom. The maximum atomic E-state index is 13.7. The zero-order valence-electron chi connectivity index (χ0n) is 15.5. The molecule has 0 radical (unpaired) electrons. The fraction of sp³-hybridized carbons (Fsp3) is 0.391. The van der Waals surface area contributed by atoms with Crippen molar-refractivity contribution in [2.24, 2.45) is 10.4 Å². The quantitative estimate of drug-likeness (QED) is 0.767. The van der Waals surface area contributed by atoms with E-state index in [-0.39, 0.29) is 11.3 Å². The highest BCUT2D eigenvalue weighted by Gasteiger charge is 2.47. The Kier molecular flexibility index (Phi) is 4.28. The predicted octanol–water partition coefficient (Wildman–Crippen LogP) is 4.49. The third-order valence-electron chi connectivity index (χ3n) is 5.58. The van der Waals surface area contributed by atoms with Crippen LogP contribution in [-0.2, 0) is 11.2 Å². The van der Waals surface area contributed by atoms with E-state index in [4.69, 9.17) is 9.73 Å². The second kappa shape index (κ2) is 6.48. The number of ether oxygens (including phenoxy) is 1. The molecule has 0 aromatic heterocycles. The molecule has 1 saturated heterocycles. The van der Waals surface area contributed by atoms with Crippen LogP contribution in [0.3, 0.4) is 0 Å². The van der Waals surface area contributed by atoms with E-state index in [0.29, 0.717) is 26.1 Å². The average Bonchev–Trinajstić information content (AvgIpc) is 2.67. The summed E-state index contributed by atoms with van der Waals surface area (Å²) in [5, 5.41) is 0. The van der Waals surface area contributed by atoms with Crippen molar-refractivity contribution in [2.75, 3.05) is 13.2 Å². The first kappa shape index (κ1) is 17.2. The third-order valence-corrected chi connectivity index (χ3v) is 5.58. The number of hydrogen-bond acceptors (Lipinski definition) is 3. The molecule has 134 valence electrons. The van der Waals surface area contributed by atoms with Gasteiger partial charge in [-0.05, 0) is 44.2 Å². The lowest BCUT2D eigenvalue weighted by Crippen LogP contribution is -2.47. The monoisotopic (exact) mass is 347 g/mol. The van der Waals surface area contributed by atoms with Crippen LogP contribution in [-0.4, -0.2) is 30.2 Å². The fourth-order valence-electron chi connectivity index (χ4n) is 4.30. The first-order valence-electron chi connectivity index (χ1n) is 9.38. The van der Waals surface area contributed by atoms with Gasteiger partial charge in [0, 0.05) is 18.8 Å². The van der Waals surface area contributed by atoms with E-state index in [1.807, 2.05) is 36.4 Å². The highest BCUT2D eigenvalue weighted by molar-refractivity contribution is 6.22. The number of Topliss-reactive ketones (excluding diaryl/α,β-unsaturated/α-hetero) is 1. The summed E-state index contributed by atoms with van der Waals surface area (Å²) in [6.07, 6.45) is 2.27. The van der Waals surface area contributed by atoms with Crippen LogP contribution < -0.4 is 0 Å². The van der Waals surface area contributed by atoms with Gasteiger partial charge in [-0.1, -0.05) is 54.6 Å². The highest BCUT2D eigenvalue weighted by Crippen LogP contribution is 2.42. The summed E-state index contributed by atoms with van der Waals surface area (Å²) in [6, 6.07) is 18.1. The Morgan fingerprint density at radius 2 is 1.62 bits per heavy atom. The average molecular weight is 347 g/mol. The number of fused-ring (bicyclic) bond motifs is 1. The Morgan fingerprint density at radius 3 is 2.35 bits per heavy atom. The summed E-state index contributed by atoms with van der Waals surface area (Å²) < 4.78 is 5.63. The number of carbonyl (C=O) groups excluding carboxylic acids is 1.